The van der Waals surface area contributed by atoms with Gasteiger partial charge in [0.2, 0.25) is 0 Å². The number of carbonyl (C=O) groups excluding carboxylic acids is 1. The molecule has 0 atom stereocenters. The van der Waals surface area contributed by atoms with Gasteiger partial charge in [0.25, 0.3) is 0 Å². The van der Waals surface area contributed by atoms with Crippen molar-refractivity contribution in [3.8, 4) is 0 Å². The number of hydrogen-bond acceptors (Lipinski definition) is 3. The minimum absolute atomic E-state index is 0.456. The van der Waals surface area contributed by atoms with Crippen LogP contribution in [0.1, 0.15) is 26.3 Å². The first-order valence-corrected chi connectivity index (χ1v) is 6.01. The van der Waals surface area contributed by atoms with E-state index in [1.54, 1.807) is 39.0 Å². The molecule has 0 radical (unpaired) electrons. The third kappa shape index (κ3) is 4.94. The lowest BCUT2D eigenvalue weighted by Gasteiger charge is -2.18. The number of amides is 1. The molecular formula is C12H14Cl2N2O2. The molecule has 18 heavy (non-hydrogen) atoms. The first kappa shape index (κ1) is 14.8. The number of nitrogens with one attached hydrogen (secondary N) is 1. The lowest BCUT2D eigenvalue weighted by molar-refractivity contribution is 0.0529. The van der Waals surface area contributed by atoms with Gasteiger partial charge in [-0.2, -0.15) is 5.10 Å². The topological polar surface area (TPSA) is 50.7 Å². The maximum atomic E-state index is 11.3. The summed E-state index contributed by atoms with van der Waals surface area (Å²) in [4.78, 5) is 11.3. The Morgan fingerprint density at radius 3 is 2.39 bits per heavy atom. The Kier molecular flexibility index (Phi) is 4.99. The first-order valence-electron chi connectivity index (χ1n) is 5.25. The monoisotopic (exact) mass is 288 g/mol. The standard InChI is InChI=1S/C12H14Cl2N2O2/c1-12(2,3)18-11(17)16-15-7-8-9(13)5-4-6-10(8)14/h4-7H,1-3H3,(H,16,17)/b15-7+. The van der Waals surface area contributed by atoms with E-state index in [9.17, 15) is 4.79 Å². The fraction of sp³-hybridized carbons (Fsp3) is 0.333. The maximum absolute atomic E-state index is 11.3. The van der Waals surface area contributed by atoms with Crippen LogP contribution in [0.2, 0.25) is 10.0 Å². The normalized spacial score (nSPS) is 11.6. The van der Waals surface area contributed by atoms with Gasteiger partial charge in [0.15, 0.2) is 0 Å². The van der Waals surface area contributed by atoms with Crippen LogP contribution in [0.5, 0.6) is 0 Å². The van der Waals surface area contributed by atoms with Gasteiger partial charge in [-0.3, -0.25) is 0 Å². The highest BCUT2D eigenvalue weighted by atomic mass is 35.5. The molecule has 0 heterocycles. The van der Waals surface area contributed by atoms with Gasteiger partial charge < -0.3 is 4.74 Å². The van der Waals surface area contributed by atoms with Gasteiger partial charge in [0.05, 0.1) is 16.3 Å². The van der Waals surface area contributed by atoms with Crippen LogP contribution in [0.3, 0.4) is 0 Å². The second-order valence-corrected chi connectivity index (χ2v) is 5.32. The van der Waals surface area contributed by atoms with Crippen LogP contribution in [-0.4, -0.2) is 17.9 Å². The van der Waals surface area contributed by atoms with E-state index < -0.39 is 11.7 Å². The van der Waals surface area contributed by atoms with E-state index in [1.807, 2.05) is 0 Å². The summed E-state index contributed by atoms with van der Waals surface area (Å²) in [5.41, 5.74) is 2.20. The van der Waals surface area contributed by atoms with E-state index in [2.05, 4.69) is 10.5 Å². The second-order valence-electron chi connectivity index (χ2n) is 4.51. The molecule has 0 aromatic heterocycles. The Morgan fingerprint density at radius 1 is 1.33 bits per heavy atom. The van der Waals surface area contributed by atoms with Crippen molar-refractivity contribution in [1.82, 2.24) is 5.43 Å². The predicted molar refractivity (Wildman–Crippen MR) is 73.4 cm³/mol. The molecule has 1 aromatic rings. The van der Waals surface area contributed by atoms with Crippen LogP contribution in [-0.2, 0) is 4.74 Å². The minimum Gasteiger partial charge on any atom is -0.443 e. The van der Waals surface area contributed by atoms with E-state index in [0.29, 0.717) is 15.6 Å². The molecule has 4 nitrogen and oxygen atoms in total. The summed E-state index contributed by atoms with van der Waals surface area (Å²) in [6, 6.07) is 5.09. The highest BCUT2D eigenvalue weighted by Gasteiger charge is 2.15. The second kappa shape index (κ2) is 6.07. The quantitative estimate of drug-likeness (QED) is 0.664. The largest absolute Gasteiger partial charge is 0.443 e. The summed E-state index contributed by atoms with van der Waals surface area (Å²) >= 11 is 11.9. The summed E-state index contributed by atoms with van der Waals surface area (Å²) in [6.07, 6.45) is 0.733. The maximum Gasteiger partial charge on any atom is 0.428 e. The molecule has 0 fully saturated rings. The van der Waals surface area contributed by atoms with Gasteiger partial charge in [-0.1, -0.05) is 29.3 Å². The lowest BCUT2D eigenvalue weighted by Crippen LogP contribution is -2.29. The number of ether oxygens (including phenoxy) is 1. The van der Waals surface area contributed by atoms with Crippen molar-refractivity contribution in [2.45, 2.75) is 26.4 Å². The number of hydrogen-bond donors (Lipinski definition) is 1. The molecular weight excluding hydrogens is 275 g/mol. The van der Waals surface area contributed by atoms with Crippen LogP contribution in [0.4, 0.5) is 4.79 Å². The van der Waals surface area contributed by atoms with Crippen molar-refractivity contribution in [3.63, 3.8) is 0 Å². The van der Waals surface area contributed by atoms with Crippen molar-refractivity contribution in [2.24, 2.45) is 5.10 Å². The van der Waals surface area contributed by atoms with Crippen molar-refractivity contribution in [3.05, 3.63) is 33.8 Å². The molecule has 6 heteroatoms. The van der Waals surface area contributed by atoms with Crippen LogP contribution in [0.15, 0.2) is 23.3 Å². The van der Waals surface area contributed by atoms with Crippen LogP contribution in [0, 0.1) is 0 Å². The summed E-state index contributed by atoms with van der Waals surface area (Å²) < 4.78 is 5.01. The molecule has 0 aliphatic heterocycles. The molecule has 0 spiro atoms. The third-order valence-electron chi connectivity index (χ3n) is 1.75. The number of carbonyl (C=O) groups is 1. The smallest absolute Gasteiger partial charge is 0.428 e. The summed E-state index contributed by atoms with van der Waals surface area (Å²) in [5.74, 6) is 0. The number of benzene rings is 1. The Balaban J connectivity index is 2.63. The van der Waals surface area contributed by atoms with E-state index in [0.717, 1.165) is 0 Å². The molecule has 98 valence electrons. The minimum atomic E-state index is -0.637. The molecule has 1 amide bonds. The van der Waals surface area contributed by atoms with Gasteiger partial charge in [0, 0.05) is 5.56 Å². The molecule has 1 rings (SSSR count). The number of halogens is 2. The first-order chi connectivity index (χ1) is 8.29. The summed E-state index contributed by atoms with van der Waals surface area (Å²) in [5, 5.41) is 4.64. The van der Waals surface area contributed by atoms with E-state index in [1.165, 1.54) is 6.21 Å². The van der Waals surface area contributed by atoms with Crippen LogP contribution in [0.25, 0.3) is 0 Å². The van der Waals surface area contributed by atoms with E-state index >= 15 is 0 Å². The highest BCUT2D eigenvalue weighted by molar-refractivity contribution is 6.38. The van der Waals surface area contributed by atoms with Crippen LogP contribution >= 0.6 is 23.2 Å². The summed E-state index contributed by atoms with van der Waals surface area (Å²) in [6.45, 7) is 5.30. The van der Waals surface area contributed by atoms with Gasteiger partial charge in [-0.05, 0) is 32.9 Å². The van der Waals surface area contributed by atoms with Gasteiger partial charge >= 0.3 is 6.09 Å². The van der Waals surface area contributed by atoms with Gasteiger partial charge in [-0.15, -0.1) is 0 Å². The molecule has 0 saturated carbocycles. The molecule has 0 aliphatic carbocycles. The number of nitrogens with zero attached hydrogens (tertiary/aromatic N) is 1. The summed E-state index contributed by atoms with van der Waals surface area (Å²) in [7, 11) is 0. The Labute approximate surface area is 116 Å². The number of hydrazone groups is 1. The van der Waals surface area contributed by atoms with Crippen molar-refractivity contribution < 1.29 is 9.53 Å². The zero-order valence-corrected chi connectivity index (χ0v) is 11.8. The Hall–Kier alpha value is -1.26. The molecule has 1 N–H and O–H groups in total. The predicted octanol–water partition coefficient (Wildman–Crippen LogP) is 3.85. The Morgan fingerprint density at radius 2 is 1.89 bits per heavy atom. The van der Waals surface area contributed by atoms with Crippen LogP contribution < -0.4 is 5.43 Å². The SMILES string of the molecule is CC(C)(C)OC(=O)N/N=C/c1c(Cl)cccc1Cl. The fourth-order valence-electron chi connectivity index (χ4n) is 1.08. The zero-order valence-electron chi connectivity index (χ0n) is 10.3. The third-order valence-corrected chi connectivity index (χ3v) is 2.41. The molecule has 0 bridgehead atoms. The average molecular weight is 289 g/mol. The van der Waals surface area contributed by atoms with E-state index in [4.69, 9.17) is 27.9 Å². The lowest BCUT2D eigenvalue weighted by atomic mass is 10.2. The van der Waals surface area contributed by atoms with Crippen molar-refractivity contribution in [2.75, 3.05) is 0 Å². The number of rotatable bonds is 2. The molecule has 1 aromatic carbocycles. The van der Waals surface area contributed by atoms with E-state index in [-0.39, 0.29) is 0 Å². The molecule has 0 saturated heterocycles. The van der Waals surface area contributed by atoms with Gasteiger partial charge in [0.1, 0.15) is 5.60 Å². The van der Waals surface area contributed by atoms with Crippen molar-refractivity contribution in [1.29, 1.82) is 0 Å². The molecule has 0 aliphatic rings. The Bertz CT molecular complexity index is 447. The van der Waals surface area contributed by atoms with Gasteiger partial charge in [-0.25, -0.2) is 10.2 Å². The zero-order chi connectivity index (χ0) is 13.8. The molecule has 0 unspecified atom stereocenters. The highest BCUT2D eigenvalue weighted by Crippen LogP contribution is 2.21. The average Bonchev–Trinajstić information content (AvgIpc) is 2.19. The van der Waals surface area contributed by atoms with Crippen molar-refractivity contribution >= 4 is 35.5 Å². The fourth-order valence-corrected chi connectivity index (χ4v) is 1.58.